The molecule has 2 aromatic rings. The average molecular weight is 341 g/mol. The number of alkyl halides is 3. The summed E-state index contributed by atoms with van der Waals surface area (Å²) in [6.07, 6.45) is -3.15. The molecule has 1 N–H and O–H groups in total. The first-order valence-electron chi connectivity index (χ1n) is 6.90. The fraction of sp³-hybridized carbons (Fsp3) is 0.250. The molecule has 5 nitrogen and oxygen atoms in total. The van der Waals surface area contributed by atoms with Crippen LogP contribution in [0.25, 0.3) is 0 Å². The Labute approximate surface area is 135 Å². The van der Waals surface area contributed by atoms with Crippen molar-refractivity contribution >= 4 is 11.9 Å². The topological polar surface area (TPSA) is 70.8 Å². The third-order valence-corrected chi connectivity index (χ3v) is 3.32. The lowest BCUT2D eigenvalue weighted by Crippen LogP contribution is -2.35. The molecule has 2 rings (SSSR count). The van der Waals surface area contributed by atoms with Crippen LogP contribution in [0.3, 0.4) is 0 Å². The average Bonchev–Trinajstić information content (AvgIpc) is 2.91. The number of carbonyl (C=O) groups excluding carboxylic acids is 1. The number of furan rings is 1. The number of rotatable bonds is 5. The van der Waals surface area contributed by atoms with E-state index < -0.39 is 30.2 Å². The lowest BCUT2D eigenvalue weighted by molar-refractivity contribution is -0.138. The van der Waals surface area contributed by atoms with Crippen molar-refractivity contribution in [3.8, 4) is 0 Å². The zero-order chi connectivity index (χ0) is 17.9. The smallest absolute Gasteiger partial charge is 0.416 e. The van der Waals surface area contributed by atoms with Gasteiger partial charge in [-0.3, -0.25) is 9.59 Å². The van der Waals surface area contributed by atoms with Crippen LogP contribution >= 0.6 is 0 Å². The molecule has 24 heavy (non-hydrogen) atoms. The van der Waals surface area contributed by atoms with Gasteiger partial charge >= 0.3 is 12.1 Å². The molecule has 0 spiro atoms. The van der Waals surface area contributed by atoms with Crippen molar-refractivity contribution in [2.24, 2.45) is 0 Å². The lowest BCUT2D eigenvalue weighted by Gasteiger charge is -2.20. The van der Waals surface area contributed by atoms with Gasteiger partial charge in [0.25, 0.3) is 5.91 Å². The number of hydrogen-bond acceptors (Lipinski definition) is 3. The molecule has 0 radical (unpaired) electrons. The van der Waals surface area contributed by atoms with E-state index in [0.717, 1.165) is 17.0 Å². The van der Waals surface area contributed by atoms with Crippen molar-refractivity contribution in [3.05, 3.63) is 59.0 Å². The molecule has 0 aliphatic rings. The first-order chi connectivity index (χ1) is 11.2. The summed E-state index contributed by atoms with van der Waals surface area (Å²) in [6.45, 7) is 0.886. The van der Waals surface area contributed by atoms with E-state index in [-0.39, 0.29) is 12.3 Å². The maximum Gasteiger partial charge on any atom is 0.416 e. The molecule has 0 atom stereocenters. The summed E-state index contributed by atoms with van der Waals surface area (Å²) in [5.41, 5.74) is 0.105. The second kappa shape index (κ2) is 6.77. The quantitative estimate of drug-likeness (QED) is 0.905. The monoisotopic (exact) mass is 341 g/mol. The zero-order valence-electron chi connectivity index (χ0n) is 12.6. The number of carboxylic acids is 1. The number of halogens is 3. The number of amides is 1. The Morgan fingerprint density at radius 2 is 1.79 bits per heavy atom. The fourth-order valence-corrected chi connectivity index (χ4v) is 2.12. The largest absolute Gasteiger partial charge is 0.480 e. The van der Waals surface area contributed by atoms with Crippen LogP contribution in [0, 0.1) is 6.92 Å². The Hall–Kier alpha value is -2.77. The molecule has 0 fully saturated rings. The molecule has 0 bridgehead atoms. The fourth-order valence-electron chi connectivity index (χ4n) is 2.12. The van der Waals surface area contributed by atoms with Gasteiger partial charge in [-0.15, -0.1) is 0 Å². The van der Waals surface area contributed by atoms with Crippen LogP contribution in [0.1, 0.15) is 27.2 Å². The summed E-state index contributed by atoms with van der Waals surface area (Å²) < 4.78 is 42.7. The number of aliphatic carboxylic acids is 1. The highest BCUT2D eigenvalue weighted by Gasteiger charge is 2.30. The Balaban J connectivity index is 2.21. The molecule has 1 amide bonds. The lowest BCUT2D eigenvalue weighted by atomic mass is 10.1. The van der Waals surface area contributed by atoms with Gasteiger partial charge in [0.05, 0.1) is 11.8 Å². The van der Waals surface area contributed by atoms with E-state index in [4.69, 9.17) is 9.52 Å². The van der Waals surface area contributed by atoms with Gasteiger partial charge in [0, 0.05) is 12.1 Å². The molecule has 128 valence electrons. The van der Waals surface area contributed by atoms with Crippen molar-refractivity contribution in [1.82, 2.24) is 4.90 Å². The van der Waals surface area contributed by atoms with E-state index in [2.05, 4.69) is 0 Å². The number of hydrogen-bond donors (Lipinski definition) is 1. The SMILES string of the molecule is Cc1ccoc1C(=O)N(CC(=O)O)Cc1ccc(C(F)(F)F)cc1. The molecule has 0 aliphatic heterocycles. The van der Waals surface area contributed by atoms with E-state index >= 15 is 0 Å². The summed E-state index contributed by atoms with van der Waals surface area (Å²) in [6, 6.07) is 5.75. The Kier molecular flexibility index (Phi) is 4.96. The minimum Gasteiger partial charge on any atom is -0.480 e. The van der Waals surface area contributed by atoms with E-state index in [1.165, 1.54) is 18.4 Å². The Bertz CT molecular complexity index is 735. The van der Waals surface area contributed by atoms with Gasteiger partial charge in [0.1, 0.15) is 6.54 Å². The predicted molar refractivity (Wildman–Crippen MR) is 77.3 cm³/mol. The van der Waals surface area contributed by atoms with Gasteiger partial charge in [0.15, 0.2) is 5.76 Å². The molecule has 0 aliphatic carbocycles. The number of carboxylic acid groups (broad SMARTS) is 1. The van der Waals surface area contributed by atoms with Crippen LogP contribution in [0.5, 0.6) is 0 Å². The summed E-state index contributed by atoms with van der Waals surface area (Å²) in [5.74, 6) is -1.87. The van der Waals surface area contributed by atoms with Gasteiger partial charge in [-0.1, -0.05) is 12.1 Å². The van der Waals surface area contributed by atoms with Crippen LogP contribution in [-0.2, 0) is 17.5 Å². The van der Waals surface area contributed by atoms with Crippen molar-refractivity contribution in [1.29, 1.82) is 0 Å². The predicted octanol–water partition coefficient (Wildman–Crippen LogP) is 3.33. The maximum atomic E-state index is 12.6. The molecule has 0 unspecified atom stereocenters. The number of nitrogens with zero attached hydrogens (tertiary/aromatic N) is 1. The van der Waals surface area contributed by atoms with Gasteiger partial charge in [-0.2, -0.15) is 13.2 Å². The molecular formula is C16H14F3NO4. The first-order valence-corrected chi connectivity index (χ1v) is 6.90. The molecule has 1 aromatic heterocycles. The van der Waals surface area contributed by atoms with E-state index in [0.29, 0.717) is 11.1 Å². The van der Waals surface area contributed by atoms with Gasteiger partial charge in [-0.05, 0) is 30.7 Å². The van der Waals surface area contributed by atoms with E-state index in [1.54, 1.807) is 13.0 Å². The van der Waals surface area contributed by atoms with Crippen molar-refractivity contribution in [2.75, 3.05) is 6.54 Å². The van der Waals surface area contributed by atoms with Gasteiger partial charge in [0.2, 0.25) is 0 Å². The van der Waals surface area contributed by atoms with Crippen LogP contribution in [-0.4, -0.2) is 28.4 Å². The molecular weight excluding hydrogens is 327 g/mol. The van der Waals surface area contributed by atoms with E-state index in [1.807, 2.05) is 0 Å². The van der Waals surface area contributed by atoms with Crippen molar-refractivity contribution in [3.63, 3.8) is 0 Å². The highest BCUT2D eigenvalue weighted by molar-refractivity contribution is 5.94. The maximum absolute atomic E-state index is 12.6. The van der Waals surface area contributed by atoms with Crippen LogP contribution < -0.4 is 0 Å². The number of benzene rings is 1. The second-order valence-electron chi connectivity index (χ2n) is 5.18. The third-order valence-electron chi connectivity index (χ3n) is 3.32. The highest BCUT2D eigenvalue weighted by atomic mass is 19.4. The number of aryl methyl sites for hydroxylation is 1. The highest BCUT2D eigenvalue weighted by Crippen LogP contribution is 2.29. The van der Waals surface area contributed by atoms with Crippen molar-refractivity contribution in [2.45, 2.75) is 19.6 Å². The Morgan fingerprint density at radius 3 is 2.25 bits per heavy atom. The zero-order valence-corrected chi connectivity index (χ0v) is 12.6. The Morgan fingerprint density at radius 1 is 1.17 bits per heavy atom. The minimum absolute atomic E-state index is 0.00293. The molecule has 0 saturated heterocycles. The summed E-state index contributed by atoms with van der Waals surface area (Å²) in [4.78, 5) is 24.3. The molecule has 0 saturated carbocycles. The number of carbonyl (C=O) groups is 2. The first kappa shape index (κ1) is 17.6. The summed E-state index contributed by atoms with van der Waals surface area (Å²) >= 11 is 0. The van der Waals surface area contributed by atoms with Gasteiger partial charge in [-0.25, -0.2) is 0 Å². The van der Waals surface area contributed by atoms with E-state index in [9.17, 15) is 22.8 Å². The van der Waals surface area contributed by atoms with Crippen LogP contribution in [0.15, 0.2) is 41.0 Å². The standard InChI is InChI=1S/C16H14F3NO4/c1-10-6-7-24-14(10)15(23)20(9-13(21)22)8-11-2-4-12(5-3-11)16(17,18)19/h2-7H,8-9H2,1H3,(H,21,22). The van der Waals surface area contributed by atoms with Crippen molar-refractivity contribution < 1.29 is 32.3 Å². The second-order valence-corrected chi connectivity index (χ2v) is 5.18. The molecule has 1 aromatic carbocycles. The summed E-state index contributed by atoms with van der Waals surface area (Å²) in [5, 5.41) is 8.96. The third kappa shape index (κ3) is 4.15. The minimum atomic E-state index is -4.46. The van der Waals surface area contributed by atoms with Crippen LogP contribution in [0.4, 0.5) is 13.2 Å². The molecule has 8 heteroatoms. The molecule has 1 heterocycles. The van der Waals surface area contributed by atoms with Gasteiger partial charge < -0.3 is 14.4 Å². The normalized spacial score (nSPS) is 11.3. The van der Waals surface area contributed by atoms with Crippen LogP contribution in [0.2, 0.25) is 0 Å². The summed E-state index contributed by atoms with van der Waals surface area (Å²) in [7, 11) is 0.